The third kappa shape index (κ3) is 3.78. The van der Waals surface area contributed by atoms with E-state index in [4.69, 9.17) is 10.00 Å². The van der Waals surface area contributed by atoms with Crippen molar-refractivity contribution in [2.24, 2.45) is 0 Å². The van der Waals surface area contributed by atoms with Crippen LogP contribution >= 0.6 is 0 Å². The lowest BCUT2D eigenvalue weighted by molar-refractivity contribution is -0.0262. The molecule has 0 N–H and O–H groups in total. The first-order valence-electron chi connectivity index (χ1n) is 5.42. The average molecular weight is 181 g/mol. The molecule has 0 aromatic carbocycles. The van der Waals surface area contributed by atoms with E-state index >= 15 is 0 Å². The van der Waals surface area contributed by atoms with Gasteiger partial charge in [0.15, 0.2) is 0 Å². The molecule has 2 unspecified atom stereocenters. The summed E-state index contributed by atoms with van der Waals surface area (Å²) < 4.78 is 5.62. The predicted molar refractivity (Wildman–Crippen MR) is 52.3 cm³/mol. The fourth-order valence-electron chi connectivity index (χ4n) is 1.83. The molecule has 0 aromatic heterocycles. The van der Waals surface area contributed by atoms with Crippen LogP contribution in [-0.4, -0.2) is 12.2 Å². The van der Waals surface area contributed by atoms with E-state index in [-0.39, 0.29) is 6.10 Å². The summed E-state index contributed by atoms with van der Waals surface area (Å²) in [7, 11) is 0. The summed E-state index contributed by atoms with van der Waals surface area (Å²) in [6, 6.07) is 2.20. The quantitative estimate of drug-likeness (QED) is 0.624. The third-order valence-electron chi connectivity index (χ3n) is 2.62. The van der Waals surface area contributed by atoms with E-state index in [1.54, 1.807) is 0 Å². The molecule has 0 amide bonds. The van der Waals surface area contributed by atoms with E-state index in [0.717, 1.165) is 25.7 Å². The summed E-state index contributed by atoms with van der Waals surface area (Å²) >= 11 is 0. The molecule has 2 heteroatoms. The fourth-order valence-corrected chi connectivity index (χ4v) is 1.83. The Morgan fingerprint density at radius 1 is 1.38 bits per heavy atom. The largest absolute Gasteiger partial charge is 0.360 e. The van der Waals surface area contributed by atoms with Crippen molar-refractivity contribution in [3.05, 3.63) is 0 Å². The van der Waals surface area contributed by atoms with Gasteiger partial charge in [-0.25, -0.2) is 0 Å². The molecule has 2 nitrogen and oxygen atoms in total. The molecule has 74 valence electrons. The molecule has 2 atom stereocenters. The van der Waals surface area contributed by atoms with Crippen LogP contribution in [0, 0.1) is 11.3 Å². The molecule has 1 heterocycles. The second-order valence-electron chi connectivity index (χ2n) is 3.80. The van der Waals surface area contributed by atoms with E-state index in [0.29, 0.717) is 6.10 Å². The Labute approximate surface area is 80.9 Å². The number of nitrogens with zero attached hydrogens (tertiary/aromatic N) is 1. The predicted octanol–water partition coefficient (Wildman–Crippen LogP) is 3.03. The summed E-state index contributed by atoms with van der Waals surface area (Å²) in [6.45, 7) is 2.21. The Morgan fingerprint density at radius 2 is 2.23 bits per heavy atom. The molecule has 1 aliphatic rings. The van der Waals surface area contributed by atoms with Crippen molar-refractivity contribution in [3.8, 4) is 6.07 Å². The smallest absolute Gasteiger partial charge is 0.144 e. The number of hydrogen-bond donors (Lipinski definition) is 0. The monoisotopic (exact) mass is 181 g/mol. The lowest BCUT2D eigenvalue weighted by atomic mass is 10.0. The SMILES string of the molecule is CCCCCC1CCCC(C#N)O1. The molecule has 1 aliphatic heterocycles. The Bertz CT molecular complexity index is 173. The second-order valence-corrected chi connectivity index (χ2v) is 3.80. The summed E-state index contributed by atoms with van der Waals surface area (Å²) in [5.74, 6) is 0. The molecular formula is C11H19NO. The van der Waals surface area contributed by atoms with Crippen LogP contribution in [0.25, 0.3) is 0 Å². The molecule has 0 bridgehead atoms. The molecule has 0 radical (unpaired) electrons. The van der Waals surface area contributed by atoms with Crippen molar-refractivity contribution >= 4 is 0 Å². The first kappa shape index (κ1) is 10.5. The van der Waals surface area contributed by atoms with Gasteiger partial charge in [-0.2, -0.15) is 5.26 Å². The van der Waals surface area contributed by atoms with Gasteiger partial charge in [0, 0.05) is 0 Å². The maximum Gasteiger partial charge on any atom is 0.144 e. The van der Waals surface area contributed by atoms with Crippen LogP contribution in [0.15, 0.2) is 0 Å². The standard InChI is InChI=1S/C11H19NO/c1-2-3-4-6-10-7-5-8-11(9-12)13-10/h10-11H,2-8H2,1H3. The van der Waals surface area contributed by atoms with Crippen molar-refractivity contribution in [1.82, 2.24) is 0 Å². The second kappa shape index (κ2) is 5.99. The summed E-state index contributed by atoms with van der Waals surface area (Å²) in [4.78, 5) is 0. The van der Waals surface area contributed by atoms with Gasteiger partial charge in [-0.05, 0) is 25.7 Å². The van der Waals surface area contributed by atoms with E-state index in [1.165, 1.54) is 19.3 Å². The van der Waals surface area contributed by atoms with Gasteiger partial charge in [0.05, 0.1) is 12.2 Å². The van der Waals surface area contributed by atoms with Gasteiger partial charge in [0.1, 0.15) is 6.10 Å². The highest BCUT2D eigenvalue weighted by Crippen LogP contribution is 2.22. The maximum absolute atomic E-state index is 8.71. The van der Waals surface area contributed by atoms with Gasteiger partial charge in [-0.1, -0.05) is 26.2 Å². The van der Waals surface area contributed by atoms with Crippen molar-refractivity contribution in [1.29, 1.82) is 5.26 Å². The van der Waals surface area contributed by atoms with Gasteiger partial charge in [0.2, 0.25) is 0 Å². The van der Waals surface area contributed by atoms with Gasteiger partial charge in [-0.3, -0.25) is 0 Å². The number of unbranched alkanes of at least 4 members (excludes halogenated alkanes) is 2. The normalized spacial score (nSPS) is 28.3. The summed E-state index contributed by atoms with van der Waals surface area (Å²) in [6.07, 6.45) is 8.43. The molecule has 0 aliphatic carbocycles. The molecule has 1 saturated heterocycles. The summed E-state index contributed by atoms with van der Waals surface area (Å²) in [5, 5.41) is 8.71. The minimum Gasteiger partial charge on any atom is -0.360 e. The van der Waals surface area contributed by atoms with Gasteiger partial charge in [-0.15, -0.1) is 0 Å². The zero-order chi connectivity index (χ0) is 9.52. The number of nitriles is 1. The van der Waals surface area contributed by atoms with Gasteiger partial charge in [0.25, 0.3) is 0 Å². The molecule has 13 heavy (non-hydrogen) atoms. The first-order valence-corrected chi connectivity index (χ1v) is 5.42. The minimum absolute atomic E-state index is 0.125. The van der Waals surface area contributed by atoms with Crippen LogP contribution in [0.4, 0.5) is 0 Å². The van der Waals surface area contributed by atoms with Crippen LogP contribution in [0.5, 0.6) is 0 Å². The third-order valence-corrected chi connectivity index (χ3v) is 2.62. The van der Waals surface area contributed by atoms with Crippen molar-refractivity contribution in [2.75, 3.05) is 0 Å². The maximum atomic E-state index is 8.71. The molecule has 1 rings (SSSR count). The first-order chi connectivity index (χ1) is 6.36. The van der Waals surface area contributed by atoms with E-state index in [2.05, 4.69) is 13.0 Å². The highest BCUT2D eigenvalue weighted by molar-refractivity contribution is 4.87. The molecular weight excluding hydrogens is 162 g/mol. The fraction of sp³-hybridized carbons (Fsp3) is 0.909. The minimum atomic E-state index is -0.125. The van der Waals surface area contributed by atoms with Crippen molar-refractivity contribution in [2.45, 2.75) is 64.1 Å². The van der Waals surface area contributed by atoms with Crippen LogP contribution < -0.4 is 0 Å². The van der Waals surface area contributed by atoms with Crippen LogP contribution in [-0.2, 0) is 4.74 Å². The molecule has 1 fully saturated rings. The van der Waals surface area contributed by atoms with E-state index in [1.807, 2.05) is 0 Å². The Morgan fingerprint density at radius 3 is 2.92 bits per heavy atom. The Hall–Kier alpha value is -0.550. The highest BCUT2D eigenvalue weighted by atomic mass is 16.5. The van der Waals surface area contributed by atoms with Crippen LogP contribution in [0.3, 0.4) is 0 Å². The zero-order valence-electron chi connectivity index (χ0n) is 8.46. The zero-order valence-corrected chi connectivity index (χ0v) is 8.46. The average Bonchev–Trinajstić information content (AvgIpc) is 2.19. The lowest BCUT2D eigenvalue weighted by Crippen LogP contribution is -2.26. The number of rotatable bonds is 4. The van der Waals surface area contributed by atoms with E-state index in [9.17, 15) is 0 Å². The lowest BCUT2D eigenvalue weighted by Gasteiger charge is -2.26. The number of hydrogen-bond acceptors (Lipinski definition) is 2. The van der Waals surface area contributed by atoms with Crippen LogP contribution in [0.1, 0.15) is 51.9 Å². The van der Waals surface area contributed by atoms with Crippen LogP contribution in [0.2, 0.25) is 0 Å². The topological polar surface area (TPSA) is 33.0 Å². The Balaban J connectivity index is 2.15. The van der Waals surface area contributed by atoms with Crippen molar-refractivity contribution < 1.29 is 4.74 Å². The number of ether oxygens (including phenoxy) is 1. The van der Waals surface area contributed by atoms with E-state index < -0.39 is 0 Å². The van der Waals surface area contributed by atoms with Gasteiger partial charge >= 0.3 is 0 Å². The summed E-state index contributed by atoms with van der Waals surface area (Å²) in [5.41, 5.74) is 0. The van der Waals surface area contributed by atoms with Gasteiger partial charge < -0.3 is 4.74 Å². The van der Waals surface area contributed by atoms with Crippen molar-refractivity contribution in [3.63, 3.8) is 0 Å². The highest BCUT2D eigenvalue weighted by Gasteiger charge is 2.21. The Kier molecular flexibility index (Phi) is 4.85. The molecule has 0 spiro atoms. The molecule has 0 aromatic rings. The molecule has 0 saturated carbocycles.